The average Bonchev–Trinajstić information content (AvgIpc) is 2.69. The Labute approximate surface area is 71.4 Å². The van der Waals surface area contributed by atoms with E-state index in [0.29, 0.717) is 6.04 Å². The van der Waals surface area contributed by atoms with E-state index in [1.54, 1.807) is 0 Å². The van der Waals surface area contributed by atoms with Crippen molar-refractivity contribution in [1.29, 1.82) is 0 Å². The molecule has 68 valence electrons. The van der Waals surface area contributed by atoms with E-state index >= 15 is 0 Å². The van der Waals surface area contributed by atoms with Gasteiger partial charge in [-0.05, 0) is 12.3 Å². The molecular formula is C10H23N. The summed E-state index contributed by atoms with van der Waals surface area (Å²) in [5.41, 5.74) is 5.48. The third kappa shape index (κ3) is 6.36. The molecule has 0 saturated heterocycles. The Morgan fingerprint density at radius 1 is 1.18 bits per heavy atom. The van der Waals surface area contributed by atoms with Crippen LogP contribution in [-0.2, 0) is 0 Å². The zero-order valence-corrected chi connectivity index (χ0v) is 8.27. The number of unbranched alkanes of at least 4 members (excludes halogenated alkanes) is 2. The maximum Gasteiger partial charge on any atom is 0.00708 e. The standard InChI is InChI=1S/C5H11N.C5H12/c1-2-4-3-5(4)6;1-3-5-4-2/h4-5H,2-3,6H2,1H3;3-5H2,1-2H3. The Kier molecular flexibility index (Phi) is 6.63. The Morgan fingerprint density at radius 2 is 1.64 bits per heavy atom. The highest BCUT2D eigenvalue weighted by molar-refractivity contribution is 4.88. The SMILES string of the molecule is CCC1CC1N.CCCCC. The van der Waals surface area contributed by atoms with Crippen LogP contribution in [0, 0.1) is 5.92 Å². The van der Waals surface area contributed by atoms with Crippen LogP contribution in [0.2, 0.25) is 0 Å². The third-order valence-corrected chi connectivity index (χ3v) is 2.21. The van der Waals surface area contributed by atoms with Gasteiger partial charge in [-0.15, -0.1) is 0 Å². The van der Waals surface area contributed by atoms with Crippen LogP contribution in [0.4, 0.5) is 0 Å². The molecule has 1 heteroatoms. The lowest BCUT2D eigenvalue weighted by atomic mass is 10.3. The first-order chi connectivity index (χ1) is 5.26. The Morgan fingerprint density at radius 3 is 1.64 bits per heavy atom. The van der Waals surface area contributed by atoms with Crippen LogP contribution in [0.15, 0.2) is 0 Å². The van der Waals surface area contributed by atoms with Crippen molar-refractivity contribution in [2.75, 3.05) is 0 Å². The monoisotopic (exact) mass is 157 g/mol. The van der Waals surface area contributed by atoms with Gasteiger partial charge < -0.3 is 5.73 Å². The Hall–Kier alpha value is -0.0400. The molecule has 0 aromatic heterocycles. The van der Waals surface area contributed by atoms with Gasteiger partial charge in [-0.2, -0.15) is 0 Å². The predicted molar refractivity (Wildman–Crippen MR) is 51.6 cm³/mol. The van der Waals surface area contributed by atoms with Gasteiger partial charge in [-0.25, -0.2) is 0 Å². The molecule has 1 rings (SSSR count). The number of hydrogen-bond donors (Lipinski definition) is 1. The second-order valence-electron chi connectivity index (χ2n) is 3.42. The average molecular weight is 157 g/mol. The van der Waals surface area contributed by atoms with E-state index in [0.717, 1.165) is 5.92 Å². The summed E-state index contributed by atoms with van der Waals surface area (Å²) in [6.07, 6.45) is 6.63. The molecule has 0 aromatic carbocycles. The van der Waals surface area contributed by atoms with Gasteiger partial charge in [0.05, 0.1) is 0 Å². The highest BCUT2D eigenvalue weighted by Crippen LogP contribution is 2.30. The molecular weight excluding hydrogens is 134 g/mol. The molecule has 0 spiro atoms. The molecule has 1 fully saturated rings. The fourth-order valence-corrected chi connectivity index (χ4v) is 1.09. The summed E-state index contributed by atoms with van der Waals surface area (Å²) >= 11 is 0. The first kappa shape index (κ1) is 11.0. The molecule has 0 bridgehead atoms. The van der Waals surface area contributed by atoms with E-state index in [2.05, 4.69) is 20.8 Å². The third-order valence-electron chi connectivity index (χ3n) is 2.21. The van der Waals surface area contributed by atoms with Gasteiger partial charge >= 0.3 is 0 Å². The molecule has 11 heavy (non-hydrogen) atoms. The van der Waals surface area contributed by atoms with E-state index in [4.69, 9.17) is 5.73 Å². The minimum absolute atomic E-state index is 0.565. The van der Waals surface area contributed by atoms with Gasteiger partial charge in [-0.1, -0.05) is 46.5 Å². The fourth-order valence-electron chi connectivity index (χ4n) is 1.09. The molecule has 1 nitrogen and oxygen atoms in total. The molecule has 0 aromatic rings. The second kappa shape index (κ2) is 6.66. The van der Waals surface area contributed by atoms with Crippen molar-refractivity contribution < 1.29 is 0 Å². The predicted octanol–water partition coefficient (Wildman–Crippen LogP) is 2.94. The molecule has 0 radical (unpaired) electrons. The van der Waals surface area contributed by atoms with Crippen LogP contribution in [-0.4, -0.2) is 6.04 Å². The van der Waals surface area contributed by atoms with Crippen LogP contribution in [0.5, 0.6) is 0 Å². The summed E-state index contributed by atoms with van der Waals surface area (Å²) in [6, 6.07) is 0.565. The summed E-state index contributed by atoms with van der Waals surface area (Å²) in [6.45, 7) is 6.62. The van der Waals surface area contributed by atoms with Crippen molar-refractivity contribution in [1.82, 2.24) is 0 Å². The summed E-state index contributed by atoms with van der Waals surface area (Å²) in [5.74, 6) is 0.880. The van der Waals surface area contributed by atoms with Crippen LogP contribution in [0.3, 0.4) is 0 Å². The smallest absolute Gasteiger partial charge is 0.00708 e. The van der Waals surface area contributed by atoms with Crippen molar-refractivity contribution in [3.05, 3.63) is 0 Å². The van der Waals surface area contributed by atoms with Crippen molar-refractivity contribution >= 4 is 0 Å². The minimum Gasteiger partial charge on any atom is -0.327 e. The summed E-state index contributed by atoms with van der Waals surface area (Å²) in [7, 11) is 0. The summed E-state index contributed by atoms with van der Waals surface area (Å²) in [4.78, 5) is 0. The molecule has 2 unspecified atom stereocenters. The van der Waals surface area contributed by atoms with Crippen molar-refractivity contribution in [3.63, 3.8) is 0 Å². The highest BCUT2D eigenvalue weighted by atomic mass is 14.7. The number of hydrogen-bond acceptors (Lipinski definition) is 1. The van der Waals surface area contributed by atoms with E-state index in [1.165, 1.54) is 32.1 Å². The Balaban J connectivity index is 0.000000187. The van der Waals surface area contributed by atoms with Crippen LogP contribution in [0.1, 0.15) is 52.9 Å². The maximum absolute atomic E-state index is 5.48. The first-order valence-electron chi connectivity index (χ1n) is 5.01. The van der Waals surface area contributed by atoms with Gasteiger partial charge in [0.15, 0.2) is 0 Å². The highest BCUT2D eigenvalue weighted by Gasteiger charge is 2.30. The molecule has 2 N–H and O–H groups in total. The number of rotatable bonds is 3. The van der Waals surface area contributed by atoms with E-state index in [1.807, 2.05) is 0 Å². The van der Waals surface area contributed by atoms with Crippen LogP contribution in [0.25, 0.3) is 0 Å². The topological polar surface area (TPSA) is 26.0 Å². The van der Waals surface area contributed by atoms with Gasteiger partial charge in [0.1, 0.15) is 0 Å². The summed E-state index contributed by atoms with van der Waals surface area (Å²) < 4.78 is 0. The zero-order valence-electron chi connectivity index (χ0n) is 8.27. The number of nitrogens with two attached hydrogens (primary N) is 1. The van der Waals surface area contributed by atoms with Gasteiger partial charge in [0.2, 0.25) is 0 Å². The van der Waals surface area contributed by atoms with E-state index < -0.39 is 0 Å². The van der Waals surface area contributed by atoms with Crippen molar-refractivity contribution in [2.45, 2.75) is 58.9 Å². The van der Waals surface area contributed by atoms with Gasteiger partial charge in [-0.3, -0.25) is 0 Å². The molecule has 0 heterocycles. The van der Waals surface area contributed by atoms with Gasteiger partial charge in [0.25, 0.3) is 0 Å². The second-order valence-corrected chi connectivity index (χ2v) is 3.42. The van der Waals surface area contributed by atoms with Crippen molar-refractivity contribution in [2.24, 2.45) is 11.7 Å². The first-order valence-corrected chi connectivity index (χ1v) is 5.01. The van der Waals surface area contributed by atoms with E-state index in [-0.39, 0.29) is 0 Å². The molecule has 1 saturated carbocycles. The molecule has 0 aliphatic heterocycles. The lowest BCUT2D eigenvalue weighted by molar-refractivity contribution is 0.759. The minimum atomic E-state index is 0.565. The maximum atomic E-state index is 5.48. The summed E-state index contributed by atoms with van der Waals surface area (Å²) in [5, 5.41) is 0. The van der Waals surface area contributed by atoms with Gasteiger partial charge in [0, 0.05) is 6.04 Å². The molecule has 0 amide bonds. The molecule has 1 aliphatic carbocycles. The lowest BCUT2D eigenvalue weighted by Gasteiger charge is -1.79. The quantitative estimate of drug-likeness (QED) is 0.669. The van der Waals surface area contributed by atoms with Crippen LogP contribution >= 0.6 is 0 Å². The lowest BCUT2D eigenvalue weighted by Crippen LogP contribution is -2.00. The van der Waals surface area contributed by atoms with Crippen LogP contribution < -0.4 is 5.73 Å². The zero-order chi connectivity index (χ0) is 8.69. The molecule has 2 atom stereocenters. The van der Waals surface area contributed by atoms with E-state index in [9.17, 15) is 0 Å². The van der Waals surface area contributed by atoms with Crippen molar-refractivity contribution in [3.8, 4) is 0 Å². The normalized spacial score (nSPS) is 27.3. The molecule has 1 aliphatic rings. The largest absolute Gasteiger partial charge is 0.327 e. The fraction of sp³-hybridized carbons (Fsp3) is 1.00. The Bertz CT molecular complexity index is 76.9.